The van der Waals surface area contributed by atoms with Crippen molar-refractivity contribution in [3.05, 3.63) is 103 Å². The Morgan fingerprint density at radius 2 is 1.58 bits per heavy atom. The summed E-state index contributed by atoms with van der Waals surface area (Å²) in [5.41, 5.74) is 4.11. The average molecular weight is 434 g/mol. The van der Waals surface area contributed by atoms with Crippen LogP contribution in [0.4, 0.5) is 17.1 Å². The molecule has 4 nitrogen and oxygen atoms in total. The summed E-state index contributed by atoms with van der Waals surface area (Å²) in [4.78, 5) is 4.33. The van der Waals surface area contributed by atoms with Crippen LogP contribution in [-0.4, -0.2) is 36.2 Å². The van der Waals surface area contributed by atoms with Gasteiger partial charge in [-0.2, -0.15) is 0 Å². The Hall–Kier alpha value is -3.28. The number of aliphatic hydroxyl groups is 1. The van der Waals surface area contributed by atoms with Crippen molar-refractivity contribution in [1.29, 1.82) is 0 Å². The van der Waals surface area contributed by atoms with Crippen LogP contribution < -0.4 is 4.90 Å². The molecule has 5 rings (SSSR count). The second-order valence-corrected chi connectivity index (χ2v) is 8.58. The van der Waals surface area contributed by atoms with E-state index in [1.165, 1.54) is 0 Å². The third-order valence-electron chi connectivity index (χ3n) is 6.59. The zero-order valence-corrected chi connectivity index (χ0v) is 18.5. The van der Waals surface area contributed by atoms with Crippen LogP contribution in [0.25, 0.3) is 10.8 Å². The summed E-state index contributed by atoms with van der Waals surface area (Å²) in [7, 11) is 0.934. The van der Waals surface area contributed by atoms with Gasteiger partial charge in [-0.1, -0.05) is 12.1 Å². The molecular weight excluding hydrogens is 407 g/mol. The van der Waals surface area contributed by atoms with E-state index < -0.39 is 6.10 Å². The van der Waals surface area contributed by atoms with E-state index in [1.54, 1.807) is 0 Å². The Morgan fingerprint density at radius 3 is 2.24 bits per heavy atom. The molecule has 0 aromatic heterocycles. The minimum atomic E-state index is -0.645. The number of para-hydroxylation sites is 2. The van der Waals surface area contributed by atoms with Gasteiger partial charge in [0.05, 0.1) is 0 Å². The summed E-state index contributed by atoms with van der Waals surface area (Å²) in [6.45, 7) is 0.853. The molecule has 1 N–H and O–H groups in total. The predicted octanol–water partition coefficient (Wildman–Crippen LogP) is 5.81. The van der Waals surface area contributed by atoms with Crippen molar-refractivity contribution in [1.82, 2.24) is 4.90 Å². The number of fused-ring (bicyclic) bond motifs is 1. The zero-order chi connectivity index (χ0) is 22.6. The molecular formula is C28H27BN2O2. The number of anilines is 3. The number of hydrogen-bond donors (Lipinski definition) is 1. The van der Waals surface area contributed by atoms with Gasteiger partial charge >= 0.3 is 183 Å². The molecule has 2 atom stereocenters. The molecule has 0 spiro atoms. The van der Waals surface area contributed by atoms with Crippen LogP contribution in [0, 0.1) is 0 Å². The number of hydrogen-bond acceptors (Lipinski definition) is 4. The minimum absolute atomic E-state index is 0.0381. The average Bonchev–Trinajstić information content (AvgIpc) is 3.33. The summed E-state index contributed by atoms with van der Waals surface area (Å²) >= 11 is 0. The quantitative estimate of drug-likeness (QED) is 0.373. The van der Waals surface area contributed by atoms with Gasteiger partial charge in [0.15, 0.2) is 0 Å². The monoisotopic (exact) mass is 434 g/mol. The molecule has 164 valence electrons. The standard InChI is InChI=1S/C28H27BN2O2/c32-28(27-15-8-18-30(27)20-29-33)25-14-7-9-21-16-17-24(19-26(21)25)31(22-10-3-1-4-11-22)23-12-5-2-6-13-23/h1-7,9-14,16-17,19,27-28,32H,8,15,18,20H2. The Labute approximate surface area is 195 Å². The van der Waals surface area contributed by atoms with Crippen LogP contribution in [0.1, 0.15) is 24.5 Å². The molecule has 1 heterocycles. The number of rotatable bonds is 7. The molecule has 5 heteroatoms. The fourth-order valence-corrected chi connectivity index (χ4v) is 5.02. The van der Waals surface area contributed by atoms with E-state index in [1.807, 2.05) is 48.5 Å². The number of benzene rings is 4. The molecule has 1 aliphatic heterocycles. The number of likely N-dealkylation sites (tertiary alicyclic amines) is 1. The predicted molar refractivity (Wildman–Crippen MR) is 135 cm³/mol. The molecule has 2 unspecified atom stereocenters. The maximum absolute atomic E-state index is 11.4. The first-order chi connectivity index (χ1) is 16.3. The number of nitrogens with zero attached hydrogens (tertiary/aromatic N) is 2. The van der Waals surface area contributed by atoms with E-state index in [-0.39, 0.29) is 6.04 Å². The molecule has 1 fully saturated rings. The Balaban J connectivity index is 1.61. The molecule has 0 radical (unpaired) electrons. The first-order valence-electron chi connectivity index (χ1n) is 11.5. The molecule has 1 saturated heterocycles. The Kier molecular flexibility index (Phi) is 6.33. The summed E-state index contributed by atoms with van der Waals surface area (Å²) in [6.07, 6.45) is 1.62. The third kappa shape index (κ3) is 4.34. The number of aliphatic hydroxyl groups excluding tert-OH is 1. The normalized spacial score (nSPS) is 17.1. The fraction of sp³-hybridized carbons (Fsp3) is 0.214. The molecule has 0 saturated carbocycles. The van der Waals surface area contributed by atoms with Crippen molar-refractivity contribution in [2.45, 2.75) is 25.0 Å². The van der Waals surface area contributed by atoms with Gasteiger partial charge in [0, 0.05) is 0 Å². The van der Waals surface area contributed by atoms with Crippen molar-refractivity contribution in [2.75, 3.05) is 17.9 Å². The van der Waals surface area contributed by atoms with Gasteiger partial charge in [0.1, 0.15) is 0 Å². The van der Waals surface area contributed by atoms with Crippen LogP contribution >= 0.6 is 0 Å². The zero-order valence-electron chi connectivity index (χ0n) is 18.5. The van der Waals surface area contributed by atoms with Crippen molar-refractivity contribution in [3.8, 4) is 0 Å². The third-order valence-corrected chi connectivity index (χ3v) is 6.59. The molecule has 0 bridgehead atoms. The molecule has 1 aliphatic rings. The fourth-order valence-electron chi connectivity index (χ4n) is 5.02. The van der Waals surface area contributed by atoms with Gasteiger partial charge in [-0.3, -0.25) is 0 Å². The van der Waals surface area contributed by atoms with E-state index in [2.05, 4.69) is 58.3 Å². The van der Waals surface area contributed by atoms with Crippen molar-refractivity contribution in [3.63, 3.8) is 0 Å². The van der Waals surface area contributed by atoms with Crippen LogP contribution in [0.2, 0.25) is 0 Å². The van der Waals surface area contributed by atoms with Gasteiger partial charge in [-0.05, 0) is 0 Å². The molecule has 0 amide bonds. The van der Waals surface area contributed by atoms with Crippen LogP contribution in [0.3, 0.4) is 0 Å². The van der Waals surface area contributed by atoms with Crippen LogP contribution in [-0.2, 0) is 4.70 Å². The van der Waals surface area contributed by atoms with Crippen LogP contribution in [0.5, 0.6) is 0 Å². The van der Waals surface area contributed by atoms with Crippen molar-refractivity contribution in [2.24, 2.45) is 0 Å². The maximum atomic E-state index is 11.4. The SMILES string of the molecule is O=BCN1CCCC1C(O)c1cccc2ccc(N(c3ccccc3)c3ccccc3)cc12. The van der Waals surface area contributed by atoms with Gasteiger partial charge < -0.3 is 0 Å². The molecule has 4 aromatic rings. The summed E-state index contributed by atoms with van der Waals surface area (Å²) in [5, 5.41) is 13.5. The summed E-state index contributed by atoms with van der Waals surface area (Å²) in [5.74, 6) is 0. The van der Waals surface area contributed by atoms with Crippen molar-refractivity contribution < 1.29 is 9.81 Å². The van der Waals surface area contributed by atoms with Gasteiger partial charge in [-0.25, -0.2) is 0 Å². The summed E-state index contributed by atoms with van der Waals surface area (Å²) < 4.78 is 11.1. The van der Waals surface area contributed by atoms with E-state index in [4.69, 9.17) is 0 Å². The second kappa shape index (κ2) is 9.69. The molecule has 0 aliphatic carbocycles. The second-order valence-electron chi connectivity index (χ2n) is 8.58. The van der Waals surface area contributed by atoms with Crippen molar-refractivity contribution >= 4 is 35.0 Å². The van der Waals surface area contributed by atoms with E-state index in [0.717, 1.165) is 59.9 Å². The molecule has 33 heavy (non-hydrogen) atoms. The van der Waals surface area contributed by atoms with Gasteiger partial charge in [0.25, 0.3) is 0 Å². The Bertz CT molecular complexity index is 1190. The summed E-state index contributed by atoms with van der Waals surface area (Å²) in [6, 6.07) is 33.1. The molecule has 4 aromatic carbocycles. The van der Waals surface area contributed by atoms with Crippen LogP contribution in [0.15, 0.2) is 97.1 Å². The van der Waals surface area contributed by atoms with E-state index in [0.29, 0.717) is 6.44 Å². The van der Waals surface area contributed by atoms with E-state index in [9.17, 15) is 9.81 Å². The van der Waals surface area contributed by atoms with E-state index >= 15 is 0 Å². The van der Waals surface area contributed by atoms with Gasteiger partial charge in [-0.15, -0.1) is 0 Å². The Morgan fingerprint density at radius 1 is 0.879 bits per heavy atom. The topological polar surface area (TPSA) is 43.8 Å². The first kappa shape index (κ1) is 21.6. The first-order valence-corrected chi connectivity index (χ1v) is 11.5. The van der Waals surface area contributed by atoms with Gasteiger partial charge in [0.2, 0.25) is 0 Å².